The maximum Gasteiger partial charge on any atom is 0.251 e. The highest BCUT2D eigenvalue weighted by atomic mass is 16.5. The van der Waals surface area contributed by atoms with E-state index in [4.69, 9.17) is 4.74 Å². The number of anilines is 1. The molecule has 3 rings (SSSR count). The molecule has 124 valence electrons. The Kier molecular flexibility index (Phi) is 5.12. The molecule has 6 nitrogen and oxygen atoms in total. The molecule has 2 heterocycles. The lowest BCUT2D eigenvalue weighted by Crippen LogP contribution is -2.45. The number of nitrogens with one attached hydrogen (secondary N) is 2. The molecule has 0 aromatic heterocycles. The molecule has 1 atom stereocenters. The van der Waals surface area contributed by atoms with Crippen molar-refractivity contribution in [3.8, 4) is 0 Å². The zero-order valence-electron chi connectivity index (χ0n) is 13.2. The van der Waals surface area contributed by atoms with E-state index in [1.807, 2.05) is 24.3 Å². The number of hydrogen-bond acceptors (Lipinski definition) is 4. The molecule has 1 aromatic carbocycles. The third-order valence-corrected chi connectivity index (χ3v) is 4.35. The third kappa shape index (κ3) is 4.01. The smallest absolute Gasteiger partial charge is 0.251 e. The highest BCUT2D eigenvalue weighted by molar-refractivity contribution is 5.97. The monoisotopic (exact) mass is 317 g/mol. The van der Waals surface area contributed by atoms with Crippen molar-refractivity contribution in [1.29, 1.82) is 0 Å². The summed E-state index contributed by atoms with van der Waals surface area (Å²) < 4.78 is 5.34. The Balaban J connectivity index is 1.61. The molecule has 0 radical (unpaired) electrons. The summed E-state index contributed by atoms with van der Waals surface area (Å²) in [6, 6.07) is 7.11. The van der Waals surface area contributed by atoms with Gasteiger partial charge in [-0.25, -0.2) is 0 Å². The summed E-state index contributed by atoms with van der Waals surface area (Å²) in [6.45, 7) is 3.90. The summed E-state index contributed by atoms with van der Waals surface area (Å²) in [5.74, 6) is -0.277. The van der Waals surface area contributed by atoms with Gasteiger partial charge in [0.05, 0.1) is 13.2 Å². The van der Waals surface area contributed by atoms with Crippen molar-refractivity contribution in [2.45, 2.75) is 25.3 Å². The van der Waals surface area contributed by atoms with E-state index in [1.165, 1.54) is 0 Å². The summed E-state index contributed by atoms with van der Waals surface area (Å²) >= 11 is 0. The number of morpholine rings is 1. The second kappa shape index (κ2) is 7.46. The maximum absolute atomic E-state index is 12.3. The lowest BCUT2D eigenvalue weighted by molar-refractivity contribution is -0.122. The predicted molar refractivity (Wildman–Crippen MR) is 87.6 cm³/mol. The third-order valence-electron chi connectivity index (χ3n) is 4.35. The Morgan fingerprint density at radius 2 is 1.91 bits per heavy atom. The Morgan fingerprint density at radius 3 is 2.65 bits per heavy atom. The van der Waals surface area contributed by atoms with Crippen molar-refractivity contribution in [3.63, 3.8) is 0 Å². The van der Waals surface area contributed by atoms with Gasteiger partial charge in [-0.1, -0.05) is 0 Å². The first-order valence-corrected chi connectivity index (χ1v) is 8.25. The SMILES string of the molecule is O=C(N[C@H]1CCCCNC1=O)c1ccc(N2CCOCC2)cc1. The van der Waals surface area contributed by atoms with Crippen molar-refractivity contribution in [3.05, 3.63) is 29.8 Å². The first-order chi connectivity index (χ1) is 11.2. The van der Waals surface area contributed by atoms with Gasteiger partial charge in [0.15, 0.2) is 0 Å². The number of benzene rings is 1. The number of carbonyl (C=O) groups excluding carboxylic acids is 2. The number of rotatable bonds is 3. The number of carbonyl (C=O) groups is 2. The molecule has 2 saturated heterocycles. The first kappa shape index (κ1) is 15.8. The van der Waals surface area contributed by atoms with Crippen molar-refractivity contribution in [2.24, 2.45) is 0 Å². The molecule has 2 amide bonds. The van der Waals surface area contributed by atoms with Crippen LogP contribution in [0.5, 0.6) is 0 Å². The molecule has 0 saturated carbocycles. The fourth-order valence-electron chi connectivity index (χ4n) is 2.96. The zero-order valence-corrected chi connectivity index (χ0v) is 13.2. The van der Waals surface area contributed by atoms with Crippen LogP contribution in [0.15, 0.2) is 24.3 Å². The van der Waals surface area contributed by atoms with Crippen LogP contribution in [-0.2, 0) is 9.53 Å². The molecule has 23 heavy (non-hydrogen) atoms. The second-order valence-corrected chi connectivity index (χ2v) is 5.96. The molecule has 2 fully saturated rings. The highest BCUT2D eigenvalue weighted by Gasteiger charge is 2.23. The molecule has 2 aliphatic heterocycles. The van der Waals surface area contributed by atoms with E-state index in [0.29, 0.717) is 18.5 Å². The molecule has 0 aliphatic carbocycles. The summed E-state index contributed by atoms with van der Waals surface area (Å²) in [5.41, 5.74) is 1.68. The van der Waals surface area contributed by atoms with Crippen molar-refractivity contribution >= 4 is 17.5 Å². The molecule has 0 unspecified atom stereocenters. The van der Waals surface area contributed by atoms with E-state index in [2.05, 4.69) is 15.5 Å². The van der Waals surface area contributed by atoms with Gasteiger partial charge in [-0.3, -0.25) is 9.59 Å². The highest BCUT2D eigenvalue weighted by Crippen LogP contribution is 2.17. The van der Waals surface area contributed by atoms with Crippen LogP contribution < -0.4 is 15.5 Å². The number of nitrogens with zero attached hydrogens (tertiary/aromatic N) is 1. The zero-order chi connectivity index (χ0) is 16.1. The number of hydrogen-bond donors (Lipinski definition) is 2. The fourth-order valence-corrected chi connectivity index (χ4v) is 2.96. The van der Waals surface area contributed by atoms with E-state index < -0.39 is 6.04 Å². The Morgan fingerprint density at radius 1 is 1.17 bits per heavy atom. The van der Waals surface area contributed by atoms with Crippen molar-refractivity contribution in [1.82, 2.24) is 10.6 Å². The Labute approximate surface area is 136 Å². The van der Waals surface area contributed by atoms with Gasteiger partial charge in [0.1, 0.15) is 6.04 Å². The van der Waals surface area contributed by atoms with Crippen LogP contribution in [0.25, 0.3) is 0 Å². The van der Waals surface area contributed by atoms with Gasteiger partial charge >= 0.3 is 0 Å². The topological polar surface area (TPSA) is 70.7 Å². The molecular formula is C17H23N3O3. The van der Waals surface area contributed by atoms with Gasteiger partial charge in [0, 0.05) is 30.9 Å². The lowest BCUT2D eigenvalue weighted by Gasteiger charge is -2.28. The first-order valence-electron chi connectivity index (χ1n) is 8.25. The molecule has 6 heteroatoms. The van der Waals surface area contributed by atoms with Crippen LogP contribution in [-0.4, -0.2) is 50.7 Å². The van der Waals surface area contributed by atoms with Crippen molar-refractivity contribution < 1.29 is 14.3 Å². The standard InChI is InChI=1S/C17H23N3O3/c21-16(19-15-3-1-2-8-18-17(15)22)13-4-6-14(7-5-13)20-9-11-23-12-10-20/h4-7,15H,1-3,8-12H2,(H,18,22)(H,19,21)/t15-/m0/s1. The average molecular weight is 317 g/mol. The summed E-state index contributed by atoms with van der Waals surface area (Å²) in [7, 11) is 0. The van der Waals surface area contributed by atoms with E-state index in [1.54, 1.807) is 0 Å². The van der Waals surface area contributed by atoms with E-state index in [-0.39, 0.29) is 11.8 Å². The van der Waals surface area contributed by atoms with Crippen LogP contribution in [0, 0.1) is 0 Å². The quantitative estimate of drug-likeness (QED) is 0.870. The van der Waals surface area contributed by atoms with Gasteiger partial charge in [-0.2, -0.15) is 0 Å². The fraction of sp³-hybridized carbons (Fsp3) is 0.529. The molecule has 2 N–H and O–H groups in total. The van der Waals surface area contributed by atoms with Crippen LogP contribution in [0.3, 0.4) is 0 Å². The van der Waals surface area contributed by atoms with Crippen LogP contribution in [0.1, 0.15) is 29.6 Å². The van der Waals surface area contributed by atoms with Crippen molar-refractivity contribution in [2.75, 3.05) is 37.7 Å². The second-order valence-electron chi connectivity index (χ2n) is 5.96. The Bertz CT molecular complexity index is 553. The Hall–Kier alpha value is -2.08. The number of ether oxygens (including phenoxy) is 1. The molecule has 0 bridgehead atoms. The minimum absolute atomic E-state index is 0.0826. The summed E-state index contributed by atoms with van der Waals surface area (Å²) in [5, 5.41) is 5.67. The summed E-state index contributed by atoms with van der Waals surface area (Å²) in [6.07, 6.45) is 2.61. The normalized spacial score (nSPS) is 22.2. The van der Waals surface area contributed by atoms with Crippen LogP contribution in [0.2, 0.25) is 0 Å². The minimum atomic E-state index is -0.427. The largest absolute Gasteiger partial charge is 0.378 e. The molecule has 2 aliphatic rings. The van der Waals surface area contributed by atoms with Crippen LogP contribution >= 0.6 is 0 Å². The molecular weight excluding hydrogens is 294 g/mol. The lowest BCUT2D eigenvalue weighted by atomic mass is 10.1. The van der Waals surface area contributed by atoms with E-state index >= 15 is 0 Å². The van der Waals surface area contributed by atoms with Gasteiger partial charge in [0.2, 0.25) is 5.91 Å². The molecule has 1 aromatic rings. The predicted octanol–water partition coefficient (Wildman–Crippen LogP) is 0.922. The average Bonchev–Trinajstić information content (AvgIpc) is 2.80. The maximum atomic E-state index is 12.3. The van der Waals surface area contributed by atoms with Crippen LogP contribution in [0.4, 0.5) is 5.69 Å². The van der Waals surface area contributed by atoms with Gasteiger partial charge in [0.25, 0.3) is 5.91 Å². The minimum Gasteiger partial charge on any atom is -0.378 e. The molecule has 0 spiro atoms. The van der Waals surface area contributed by atoms with Gasteiger partial charge in [-0.05, 0) is 43.5 Å². The number of amides is 2. The summed E-state index contributed by atoms with van der Waals surface area (Å²) in [4.78, 5) is 26.5. The van der Waals surface area contributed by atoms with Gasteiger partial charge < -0.3 is 20.3 Å². The van der Waals surface area contributed by atoms with E-state index in [9.17, 15) is 9.59 Å². The van der Waals surface area contributed by atoms with E-state index in [0.717, 1.165) is 44.8 Å². The van der Waals surface area contributed by atoms with Gasteiger partial charge in [-0.15, -0.1) is 0 Å².